The second-order valence-corrected chi connectivity index (χ2v) is 4.94. The van der Waals surface area contributed by atoms with E-state index in [1.54, 1.807) is 0 Å². The van der Waals surface area contributed by atoms with Crippen molar-refractivity contribution >= 4 is 17.6 Å². The number of anilines is 1. The number of aliphatic carboxylic acids is 1. The van der Waals surface area contributed by atoms with E-state index < -0.39 is 5.97 Å². The molecule has 0 radical (unpaired) electrons. The normalized spacial score (nSPS) is 13.4. The number of hydrogen-bond acceptors (Lipinski definition) is 2. The van der Waals surface area contributed by atoms with E-state index in [0.717, 1.165) is 6.42 Å². The topological polar surface area (TPSA) is 66.4 Å². The molecule has 0 saturated heterocycles. The predicted octanol–water partition coefficient (Wildman–Crippen LogP) is 3.56. The maximum atomic E-state index is 11.9. The minimum absolute atomic E-state index is 0.0544. The third-order valence-electron chi connectivity index (χ3n) is 3.57. The third kappa shape index (κ3) is 3.95. The van der Waals surface area contributed by atoms with Gasteiger partial charge in [-0.15, -0.1) is 0 Å². The molecular formula is C16H21NO3. The monoisotopic (exact) mass is 275 g/mol. The van der Waals surface area contributed by atoms with E-state index in [0.29, 0.717) is 11.6 Å². The number of carboxylic acids is 1. The Labute approximate surface area is 119 Å². The fourth-order valence-corrected chi connectivity index (χ4v) is 1.69. The molecule has 1 rings (SSSR count). The Morgan fingerprint density at radius 1 is 1.15 bits per heavy atom. The first-order valence-electron chi connectivity index (χ1n) is 6.68. The molecule has 1 amide bonds. The summed E-state index contributed by atoms with van der Waals surface area (Å²) in [5.74, 6) is -0.985. The molecular weight excluding hydrogens is 254 g/mol. The Bertz CT molecular complexity index is 529. The summed E-state index contributed by atoms with van der Waals surface area (Å²) in [4.78, 5) is 22.7. The van der Waals surface area contributed by atoms with E-state index in [2.05, 4.69) is 19.2 Å². The molecule has 20 heavy (non-hydrogen) atoms. The summed E-state index contributed by atoms with van der Waals surface area (Å²) in [5, 5.41) is 11.6. The molecule has 0 aliphatic carbocycles. The van der Waals surface area contributed by atoms with Crippen molar-refractivity contribution in [1.29, 1.82) is 0 Å². The van der Waals surface area contributed by atoms with Gasteiger partial charge in [-0.1, -0.05) is 26.0 Å². The zero-order valence-corrected chi connectivity index (χ0v) is 12.4. The average Bonchev–Trinajstić information content (AvgIpc) is 2.45. The molecule has 0 aliphatic heterocycles. The van der Waals surface area contributed by atoms with Gasteiger partial charge in [0, 0.05) is 16.8 Å². The maximum absolute atomic E-state index is 11.9. The first-order chi connectivity index (χ1) is 9.36. The molecule has 1 aromatic rings. The van der Waals surface area contributed by atoms with Crippen LogP contribution in [0, 0.1) is 0 Å². The van der Waals surface area contributed by atoms with Gasteiger partial charge in [0.05, 0.1) is 0 Å². The molecule has 0 saturated carbocycles. The number of benzene rings is 1. The van der Waals surface area contributed by atoms with E-state index in [4.69, 9.17) is 5.11 Å². The molecule has 0 bridgehead atoms. The van der Waals surface area contributed by atoms with Crippen LogP contribution in [0.4, 0.5) is 5.69 Å². The van der Waals surface area contributed by atoms with Crippen LogP contribution in [0.2, 0.25) is 0 Å². The lowest BCUT2D eigenvalue weighted by Gasteiger charge is -2.11. The summed E-state index contributed by atoms with van der Waals surface area (Å²) in [5.41, 5.74) is 2.15. The van der Waals surface area contributed by atoms with Crippen molar-refractivity contribution in [3.63, 3.8) is 0 Å². The number of carbonyl (C=O) groups is 2. The summed E-state index contributed by atoms with van der Waals surface area (Å²) < 4.78 is 0. The standard InChI is InChI=1S/C16H21NO3/c1-5-10(2)13-6-8-14(9-7-13)17-15(18)11(3)12(4)16(19)20/h6-10H,5H2,1-4H3,(H,17,18)(H,19,20). The van der Waals surface area contributed by atoms with Crippen molar-refractivity contribution in [2.24, 2.45) is 0 Å². The lowest BCUT2D eigenvalue weighted by atomic mass is 9.98. The van der Waals surface area contributed by atoms with E-state index >= 15 is 0 Å². The first-order valence-corrected chi connectivity index (χ1v) is 6.68. The van der Waals surface area contributed by atoms with Crippen LogP contribution in [0.1, 0.15) is 45.6 Å². The highest BCUT2D eigenvalue weighted by molar-refractivity contribution is 6.08. The average molecular weight is 275 g/mol. The lowest BCUT2D eigenvalue weighted by Crippen LogP contribution is -2.16. The van der Waals surface area contributed by atoms with E-state index in [-0.39, 0.29) is 17.1 Å². The molecule has 2 N–H and O–H groups in total. The van der Waals surface area contributed by atoms with Gasteiger partial charge in [0.25, 0.3) is 5.91 Å². The van der Waals surface area contributed by atoms with Gasteiger partial charge in [0.15, 0.2) is 0 Å². The van der Waals surface area contributed by atoms with Crippen LogP contribution in [0.25, 0.3) is 0 Å². The van der Waals surface area contributed by atoms with Crippen LogP contribution in [-0.4, -0.2) is 17.0 Å². The SMILES string of the molecule is CCC(C)c1ccc(NC(=O)C(C)=C(C)C(=O)O)cc1. The quantitative estimate of drug-likeness (QED) is 0.807. The fraction of sp³-hybridized carbons (Fsp3) is 0.375. The highest BCUT2D eigenvalue weighted by Gasteiger charge is 2.12. The summed E-state index contributed by atoms with van der Waals surface area (Å²) >= 11 is 0. The number of amides is 1. The molecule has 108 valence electrons. The molecule has 1 unspecified atom stereocenters. The summed E-state index contributed by atoms with van der Waals surface area (Å²) in [6.07, 6.45) is 1.06. The molecule has 0 aromatic heterocycles. The van der Waals surface area contributed by atoms with E-state index in [9.17, 15) is 9.59 Å². The highest BCUT2D eigenvalue weighted by atomic mass is 16.4. The van der Waals surface area contributed by atoms with Crippen molar-refractivity contribution in [3.05, 3.63) is 41.0 Å². The zero-order chi connectivity index (χ0) is 15.3. The van der Waals surface area contributed by atoms with Crippen LogP contribution >= 0.6 is 0 Å². The molecule has 0 heterocycles. The van der Waals surface area contributed by atoms with Gasteiger partial charge in [-0.25, -0.2) is 4.79 Å². The molecule has 0 aliphatic rings. The lowest BCUT2D eigenvalue weighted by molar-refractivity contribution is -0.133. The number of carboxylic acid groups (broad SMARTS) is 1. The van der Waals surface area contributed by atoms with E-state index in [1.807, 2.05) is 24.3 Å². The van der Waals surface area contributed by atoms with Crippen LogP contribution in [-0.2, 0) is 9.59 Å². The van der Waals surface area contributed by atoms with Gasteiger partial charge in [0.2, 0.25) is 0 Å². The highest BCUT2D eigenvalue weighted by Crippen LogP contribution is 2.20. The van der Waals surface area contributed by atoms with Crippen molar-refractivity contribution in [2.75, 3.05) is 5.32 Å². The van der Waals surface area contributed by atoms with Gasteiger partial charge < -0.3 is 10.4 Å². The second kappa shape index (κ2) is 6.89. The van der Waals surface area contributed by atoms with Crippen LogP contribution in [0.15, 0.2) is 35.4 Å². The van der Waals surface area contributed by atoms with Crippen molar-refractivity contribution < 1.29 is 14.7 Å². The molecule has 4 heteroatoms. The number of rotatable bonds is 5. The number of nitrogens with one attached hydrogen (secondary N) is 1. The fourth-order valence-electron chi connectivity index (χ4n) is 1.69. The van der Waals surface area contributed by atoms with Gasteiger partial charge in [-0.3, -0.25) is 4.79 Å². The summed E-state index contributed by atoms with van der Waals surface area (Å²) in [7, 11) is 0. The Morgan fingerprint density at radius 2 is 1.70 bits per heavy atom. The zero-order valence-electron chi connectivity index (χ0n) is 12.4. The molecule has 4 nitrogen and oxygen atoms in total. The minimum Gasteiger partial charge on any atom is -0.478 e. The van der Waals surface area contributed by atoms with Gasteiger partial charge in [0.1, 0.15) is 0 Å². The molecule has 0 fully saturated rings. The van der Waals surface area contributed by atoms with Crippen LogP contribution in [0.3, 0.4) is 0 Å². The van der Waals surface area contributed by atoms with Gasteiger partial charge >= 0.3 is 5.97 Å². The third-order valence-corrected chi connectivity index (χ3v) is 3.57. The number of hydrogen-bond donors (Lipinski definition) is 2. The molecule has 0 spiro atoms. The van der Waals surface area contributed by atoms with Crippen molar-refractivity contribution in [2.45, 2.75) is 40.0 Å². The van der Waals surface area contributed by atoms with E-state index in [1.165, 1.54) is 19.4 Å². The van der Waals surface area contributed by atoms with Crippen molar-refractivity contribution in [1.82, 2.24) is 0 Å². The smallest absolute Gasteiger partial charge is 0.331 e. The maximum Gasteiger partial charge on any atom is 0.331 e. The van der Waals surface area contributed by atoms with Crippen LogP contribution < -0.4 is 5.32 Å². The number of carbonyl (C=O) groups excluding carboxylic acids is 1. The Morgan fingerprint density at radius 3 is 2.15 bits per heavy atom. The summed E-state index contributed by atoms with van der Waals surface area (Å²) in [6, 6.07) is 7.63. The Hall–Kier alpha value is -2.10. The second-order valence-electron chi connectivity index (χ2n) is 4.94. The largest absolute Gasteiger partial charge is 0.478 e. The molecule has 1 atom stereocenters. The molecule has 1 aromatic carbocycles. The van der Waals surface area contributed by atoms with Gasteiger partial charge in [-0.2, -0.15) is 0 Å². The Balaban J connectivity index is 2.82. The minimum atomic E-state index is -1.08. The van der Waals surface area contributed by atoms with Crippen molar-refractivity contribution in [3.8, 4) is 0 Å². The van der Waals surface area contributed by atoms with Gasteiger partial charge in [-0.05, 0) is 43.9 Å². The predicted molar refractivity (Wildman–Crippen MR) is 79.8 cm³/mol. The first kappa shape index (κ1) is 16.0. The van der Waals surface area contributed by atoms with Crippen LogP contribution in [0.5, 0.6) is 0 Å². The Kier molecular flexibility index (Phi) is 5.50. The summed E-state index contributed by atoms with van der Waals surface area (Å²) in [6.45, 7) is 7.20.